The van der Waals surface area contributed by atoms with E-state index in [0.717, 1.165) is 5.69 Å². The average Bonchev–Trinajstić information content (AvgIpc) is 2.29. The maximum atomic E-state index is 5.90. The van der Waals surface area contributed by atoms with Gasteiger partial charge in [0.2, 0.25) is 0 Å². The number of nitrogens with one attached hydrogen (secondary N) is 1. The molecule has 17 heavy (non-hydrogen) atoms. The summed E-state index contributed by atoms with van der Waals surface area (Å²) in [6, 6.07) is 11.0. The van der Waals surface area contributed by atoms with Crippen molar-refractivity contribution in [2.24, 2.45) is 5.73 Å². The third-order valence-electron chi connectivity index (χ3n) is 2.16. The number of nitrogens with zero attached hydrogens (tertiary/aromatic N) is 1. The Balaban J connectivity index is 2.33. The molecule has 0 bridgehead atoms. The minimum atomic E-state index is 0.308. The number of hydrogen-bond acceptors (Lipinski definition) is 3. The smallest absolute Gasteiger partial charge is 0.140 e. The van der Waals surface area contributed by atoms with Crippen LogP contribution >= 0.6 is 23.8 Å². The second-order valence-corrected chi connectivity index (χ2v) is 4.28. The highest BCUT2D eigenvalue weighted by atomic mass is 35.5. The molecule has 0 aliphatic carbocycles. The fourth-order valence-electron chi connectivity index (χ4n) is 1.41. The Bertz CT molecular complexity index is 557. The number of aromatic nitrogens is 1. The van der Waals surface area contributed by atoms with Crippen molar-refractivity contribution in [2.45, 2.75) is 0 Å². The molecular formula is C12H10ClN3S. The van der Waals surface area contributed by atoms with Crippen LogP contribution in [-0.2, 0) is 0 Å². The minimum absolute atomic E-state index is 0.308. The van der Waals surface area contributed by atoms with E-state index >= 15 is 0 Å². The first-order chi connectivity index (χ1) is 8.16. The van der Waals surface area contributed by atoms with Gasteiger partial charge in [-0.2, -0.15) is 0 Å². The Hall–Kier alpha value is -1.65. The average molecular weight is 264 g/mol. The fourth-order valence-corrected chi connectivity index (χ4v) is 1.76. The van der Waals surface area contributed by atoms with Gasteiger partial charge < -0.3 is 11.1 Å². The van der Waals surface area contributed by atoms with Gasteiger partial charge in [-0.15, -0.1) is 0 Å². The molecular weight excluding hydrogens is 254 g/mol. The molecule has 0 fully saturated rings. The zero-order chi connectivity index (χ0) is 12.3. The molecule has 2 aromatic rings. The van der Waals surface area contributed by atoms with E-state index in [1.807, 2.05) is 18.2 Å². The van der Waals surface area contributed by atoms with Crippen LogP contribution in [-0.4, -0.2) is 9.97 Å². The number of thiocarbonyl (C=S) groups is 1. The molecule has 3 N–H and O–H groups in total. The monoisotopic (exact) mass is 263 g/mol. The summed E-state index contributed by atoms with van der Waals surface area (Å²) >= 11 is 10.9. The van der Waals surface area contributed by atoms with Crippen LogP contribution < -0.4 is 11.1 Å². The zero-order valence-electron chi connectivity index (χ0n) is 8.85. The van der Waals surface area contributed by atoms with Gasteiger partial charge in [-0.05, 0) is 30.3 Å². The molecule has 1 heterocycles. The molecule has 0 aliphatic rings. The Labute approximate surface area is 110 Å². The molecule has 0 aliphatic heterocycles. The van der Waals surface area contributed by atoms with Gasteiger partial charge in [-0.3, -0.25) is 0 Å². The number of hydrogen-bond donors (Lipinski definition) is 2. The highest BCUT2D eigenvalue weighted by Gasteiger charge is 2.05. The summed E-state index contributed by atoms with van der Waals surface area (Å²) in [7, 11) is 0. The van der Waals surface area contributed by atoms with E-state index in [1.54, 1.807) is 24.4 Å². The van der Waals surface area contributed by atoms with Crippen molar-refractivity contribution in [2.75, 3.05) is 5.32 Å². The highest BCUT2D eigenvalue weighted by Crippen LogP contribution is 2.21. The van der Waals surface area contributed by atoms with E-state index in [0.29, 0.717) is 21.4 Å². The summed E-state index contributed by atoms with van der Waals surface area (Å²) < 4.78 is 0. The van der Waals surface area contributed by atoms with E-state index in [2.05, 4.69) is 10.3 Å². The van der Waals surface area contributed by atoms with Gasteiger partial charge in [0.05, 0.1) is 5.56 Å². The first-order valence-corrected chi connectivity index (χ1v) is 5.73. The normalized spacial score (nSPS) is 9.94. The van der Waals surface area contributed by atoms with Gasteiger partial charge in [-0.25, -0.2) is 4.98 Å². The number of anilines is 2. The van der Waals surface area contributed by atoms with Gasteiger partial charge in [0, 0.05) is 16.9 Å². The summed E-state index contributed by atoms with van der Waals surface area (Å²) in [5.41, 5.74) is 7.18. The lowest BCUT2D eigenvalue weighted by molar-refractivity contribution is 1.30. The molecule has 0 spiro atoms. The van der Waals surface area contributed by atoms with Gasteiger partial charge >= 0.3 is 0 Å². The van der Waals surface area contributed by atoms with Crippen LogP contribution in [0, 0.1) is 0 Å². The van der Waals surface area contributed by atoms with Gasteiger partial charge in [0.1, 0.15) is 10.8 Å². The molecule has 0 saturated heterocycles. The molecule has 86 valence electrons. The number of nitrogens with two attached hydrogens (primary N) is 1. The molecule has 1 aromatic carbocycles. The lowest BCUT2D eigenvalue weighted by atomic mass is 10.2. The highest BCUT2D eigenvalue weighted by molar-refractivity contribution is 7.80. The molecule has 0 radical (unpaired) electrons. The van der Waals surface area contributed by atoms with Gasteiger partial charge in [0.25, 0.3) is 0 Å². The largest absolute Gasteiger partial charge is 0.389 e. The summed E-state index contributed by atoms with van der Waals surface area (Å²) in [6.45, 7) is 0. The van der Waals surface area contributed by atoms with Crippen LogP contribution in [0.25, 0.3) is 0 Å². The molecule has 5 heteroatoms. The first-order valence-electron chi connectivity index (χ1n) is 4.94. The summed E-state index contributed by atoms with van der Waals surface area (Å²) in [5, 5.41) is 3.79. The Morgan fingerprint density at radius 3 is 2.82 bits per heavy atom. The molecule has 3 nitrogen and oxygen atoms in total. The summed E-state index contributed by atoms with van der Waals surface area (Å²) in [6.07, 6.45) is 1.68. The van der Waals surface area contributed by atoms with E-state index < -0.39 is 0 Å². The second-order valence-electron chi connectivity index (χ2n) is 3.40. The molecule has 1 aromatic heterocycles. The number of pyridine rings is 1. The molecule has 2 rings (SSSR count). The van der Waals surface area contributed by atoms with Crippen molar-refractivity contribution in [3.63, 3.8) is 0 Å². The third-order valence-corrected chi connectivity index (χ3v) is 2.62. The zero-order valence-corrected chi connectivity index (χ0v) is 10.4. The van der Waals surface area contributed by atoms with Crippen LogP contribution in [0.15, 0.2) is 42.6 Å². The van der Waals surface area contributed by atoms with Crippen molar-refractivity contribution in [1.82, 2.24) is 4.98 Å². The van der Waals surface area contributed by atoms with E-state index in [4.69, 9.17) is 29.6 Å². The van der Waals surface area contributed by atoms with Crippen molar-refractivity contribution in [3.8, 4) is 0 Å². The Morgan fingerprint density at radius 1 is 1.29 bits per heavy atom. The SMILES string of the molecule is NC(=S)c1cccnc1Nc1cccc(Cl)c1. The first kappa shape index (κ1) is 11.8. The topological polar surface area (TPSA) is 50.9 Å². The molecule has 0 atom stereocenters. The number of benzene rings is 1. The standard InChI is InChI=1S/C12H10ClN3S/c13-8-3-1-4-9(7-8)16-12-10(11(14)17)5-2-6-15-12/h1-7H,(H2,14,17)(H,15,16). The molecule has 0 unspecified atom stereocenters. The van der Waals surface area contributed by atoms with E-state index in [1.165, 1.54) is 0 Å². The predicted molar refractivity (Wildman–Crippen MR) is 74.9 cm³/mol. The lowest BCUT2D eigenvalue weighted by Gasteiger charge is -2.09. The van der Waals surface area contributed by atoms with Crippen molar-refractivity contribution in [1.29, 1.82) is 0 Å². The Kier molecular flexibility index (Phi) is 3.56. The summed E-state index contributed by atoms with van der Waals surface area (Å²) in [4.78, 5) is 4.51. The maximum Gasteiger partial charge on any atom is 0.140 e. The van der Waals surface area contributed by atoms with E-state index in [9.17, 15) is 0 Å². The third kappa shape index (κ3) is 2.93. The minimum Gasteiger partial charge on any atom is -0.389 e. The van der Waals surface area contributed by atoms with Crippen LogP contribution in [0.5, 0.6) is 0 Å². The fraction of sp³-hybridized carbons (Fsp3) is 0. The van der Waals surface area contributed by atoms with Crippen molar-refractivity contribution in [3.05, 3.63) is 53.2 Å². The lowest BCUT2D eigenvalue weighted by Crippen LogP contribution is -2.12. The Morgan fingerprint density at radius 2 is 2.12 bits per heavy atom. The van der Waals surface area contributed by atoms with Crippen LogP contribution in [0.2, 0.25) is 5.02 Å². The van der Waals surface area contributed by atoms with Crippen LogP contribution in [0.1, 0.15) is 5.56 Å². The van der Waals surface area contributed by atoms with Gasteiger partial charge in [0.15, 0.2) is 0 Å². The van der Waals surface area contributed by atoms with Gasteiger partial charge in [-0.1, -0.05) is 29.9 Å². The van der Waals surface area contributed by atoms with Crippen LogP contribution in [0.4, 0.5) is 11.5 Å². The van der Waals surface area contributed by atoms with Crippen molar-refractivity contribution >= 4 is 40.3 Å². The van der Waals surface area contributed by atoms with E-state index in [-0.39, 0.29) is 0 Å². The molecule has 0 saturated carbocycles. The summed E-state index contributed by atoms with van der Waals surface area (Å²) in [5.74, 6) is 0.627. The quantitative estimate of drug-likeness (QED) is 0.836. The number of rotatable bonds is 3. The maximum absolute atomic E-state index is 5.90. The predicted octanol–water partition coefficient (Wildman–Crippen LogP) is 3.11. The molecule has 0 amide bonds. The van der Waals surface area contributed by atoms with Crippen LogP contribution in [0.3, 0.4) is 0 Å². The number of halogens is 1. The van der Waals surface area contributed by atoms with Crippen molar-refractivity contribution < 1.29 is 0 Å². The second kappa shape index (κ2) is 5.12.